The molecule has 1 unspecified atom stereocenters. The first-order chi connectivity index (χ1) is 8.34. The highest BCUT2D eigenvalue weighted by atomic mass is 16.3. The van der Waals surface area contributed by atoms with Crippen LogP contribution in [0.2, 0.25) is 0 Å². The highest BCUT2D eigenvalue weighted by molar-refractivity contribution is 4.78. The molecule has 1 aliphatic carbocycles. The van der Waals surface area contributed by atoms with Crippen molar-refractivity contribution in [2.24, 2.45) is 5.92 Å². The summed E-state index contributed by atoms with van der Waals surface area (Å²) >= 11 is 0. The summed E-state index contributed by atoms with van der Waals surface area (Å²) in [5, 5.41) is 10.1. The third kappa shape index (κ3) is 6.88. The fourth-order valence-electron chi connectivity index (χ4n) is 2.94. The molecule has 1 N–H and O–H groups in total. The van der Waals surface area contributed by atoms with Gasteiger partial charge in [-0.05, 0) is 25.2 Å². The second-order valence-electron chi connectivity index (χ2n) is 5.61. The van der Waals surface area contributed by atoms with E-state index in [1.807, 2.05) is 6.08 Å². The van der Waals surface area contributed by atoms with Gasteiger partial charge in [0.2, 0.25) is 0 Å². The molecule has 0 spiro atoms. The van der Waals surface area contributed by atoms with Gasteiger partial charge in [-0.15, -0.1) is 6.58 Å². The van der Waals surface area contributed by atoms with Crippen LogP contribution in [0.4, 0.5) is 0 Å². The van der Waals surface area contributed by atoms with E-state index in [4.69, 9.17) is 0 Å². The standard InChI is InChI=1S/C16H30O/c1-2-12-16(17)15-13-10-8-6-4-3-5-7-9-11-14-15/h2,15-17H,1,3-14H2. The van der Waals surface area contributed by atoms with Crippen LogP contribution in [-0.4, -0.2) is 11.2 Å². The van der Waals surface area contributed by atoms with Crippen molar-refractivity contribution in [2.45, 2.75) is 83.2 Å². The molecule has 1 aliphatic rings. The van der Waals surface area contributed by atoms with E-state index in [0.29, 0.717) is 5.92 Å². The molecule has 0 bridgehead atoms. The molecule has 1 nitrogen and oxygen atoms in total. The van der Waals surface area contributed by atoms with Crippen molar-refractivity contribution in [1.29, 1.82) is 0 Å². The maximum absolute atomic E-state index is 10.1. The summed E-state index contributed by atoms with van der Waals surface area (Å²) in [4.78, 5) is 0. The molecule has 0 heterocycles. The van der Waals surface area contributed by atoms with Crippen molar-refractivity contribution < 1.29 is 5.11 Å². The van der Waals surface area contributed by atoms with Gasteiger partial charge < -0.3 is 5.11 Å². The maximum atomic E-state index is 10.1. The Morgan fingerprint density at radius 2 is 1.29 bits per heavy atom. The van der Waals surface area contributed by atoms with Gasteiger partial charge in [-0.25, -0.2) is 0 Å². The van der Waals surface area contributed by atoms with Gasteiger partial charge in [0.1, 0.15) is 0 Å². The summed E-state index contributed by atoms with van der Waals surface area (Å²) < 4.78 is 0. The Bertz CT molecular complexity index is 176. The second-order valence-corrected chi connectivity index (χ2v) is 5.61. The van der Waals surface area contributed by atoms with E-state index in [1.54, 1.807) is 0 Å². The topological polar surface area (TPSA) is 20.2 Å². The first-order valence-electron chi connectivity index (χ1n) is 7.63. The van der Waals surface area contributed by atoms with Crippen LogP contribution in [0.25, 0.3) is 0 Å². The Morgan fingerprint density at radius 1 is 0.882 bits per heavy atom. The van der Waals surface area contributed by atoms with Gasteiger partial charge in [0, 0.05) is 0 Å². The van der Waals surface area contributed by atoms with Crippen molar-refractivity contribution >= 4 is 0 Å². The lowest BCUT2D eigenvalue weighted by molar-refractivity contribution is 0.0961. The number of hydrogen-bond acceptors (Lipinski definition) is 1. The molecule has 0 aromatic rings. The quantitative estimate of drug-likeness (QED) is 0.697. The second kappa shape index (κ2) is 9.70. The zero-order chi connectivity index (χ0) is 12.3. The van der Waals surface area contributed by atoms with E-state index in [2.05, 4.69) is 6.58 Å². The lowest BCUT2D eigenvalue weighted by atomic mass is 9.87. The van der Waals surface area contributed by atoms with Crippen LogP contribution in [0.15, 0.2) is 12.7 Å². The van der Waals surface area contributed by atoms with Crippen molar-refractivity contribution in [3.8, 4) is 0 Å². The van der Waals surface area contributed by atoms with Gasteiger partial charge >= 0.3 is 0 Å². The molecular weight excluding hydrogens is 208 g/mol. The molecule has 1 heteroatoms. The van der Waals surface area contributed by atoms with Crippen LogP contribution in [0, 0.1) is 5.92 Å². The fourth-order valence-corrected chi connectivity index (χ4v) is 2.94. The molecule has 0 saturated heterocycles. The molecule has 1 atom stereocenters. The summed E-state index contributed by atoms with van der Waals surface area (Å²) in [6.45, 7) is 3.74. The van der Waals surface area contributed by atoms with Crippen LogP contribution >= 0.6 is 0 Å². The Labute approximate surface area is 107 Å². The van der Waals surface area contributed by atoms with Gasteiger partial charge in [-0.1, -0.05) is 63.9 Å². The first kappa shape index (κ1) is 14.8. The highest BCUT2D eigenvalue weighted by Crippen LogP contribution is 2.24. The minimum atomic E-state index is -0.143. The van der Waals surface area contributed by atoms with E-state index in [0.717, 1.165) is 6.42 Å². The molecule has 0 aromatic carbocycles. The lowest BCUT2D eigenvalue weighted by Crippen LogP contribution is -2.20. The van der Waals surface area contributed by atoms with Crippen molar-refractivity contribution in [3.05, 3.63) is 12.7 Å². The Hall–Kier alpha value is -0.300. The minimum absolute atomic E-state index is 0.143. The number of hydrogen-bond donors (Lipinski definition) is 1. The maximum Gasteiger partial charge on any atom is 0.0602 e. The van der Waals surface area contributed by atoms with Crippen LogP contribution in [-0.2, 0) is 0 Å². The van der Waals surface area contributed by atoms with Gasteiger partial charge in [0.15, 0.2) is 0 Å². The molecular formula is C16H30O. The molecule has 1 fully saturated rings. The summed E-state index contributed by atoms with van der Waals surface area (Å²) in [5.41, 5.74) is 0. The van der Waals surface area contributed by atoms with E-state index in [9.17, 15) is 5.11 Å². The molecule has 1 rings (SSSR count). The average Bonchev–Trinajstić information content (AvgIpc) is 2.30. The zero-order valence-electron chi connectivity index (χ0n) is 11.4. The Balaban J connectivity index is 2.33. The number of rotatable bonds is 3. The van der Waals surface area contributed by atoms with Crippen molar-refractivity contribution in [1.82, 2.24) is 0 Å². The van der Waals surface area contributed by atoms with Crippen molar-refractivity contribution in [3.63, 3.8) is 0 Å². The summed E-state index contributed by atoms with van der Waals surface area (Å²) in [6, 6.07) is 0. The minimum Gasteiger partial charge on any atom is -0.393 e. The molecule has 17 heavy (non-hydrogen) atoms. The van der Waals surface area contributed by atoms with Crippen LogP contribution < -0.4 is 0 Å². The van der Waals surface area contributed by atoms with Crippen molar-refractivity contribution in [2.75, 3.05) is 0 Å². The van der Waals surface area contributed by atoms with Crippen LogP contribution in [0.3, 0.4) is 0 Å². The van der Waals surface area contributed by atoms with Gasteiger partial charge in [0.05, 0.1) is 6.10 Å². The predicted molar refractivity (Wildman–Crippen MR) is 75.1 cm³/mol. The summed E-state index contributed by atoms with van der Waals surface area (Å²) in [7, 11) is 0. The molecule has 0 radical (unpaired) electrons. The number of aliphatic hydroxyl groups is 1. The Morgan fingerprint density at radius 3 is 1.71 bits per heavy atom. The fraction of sp³-hybridized carbons (Fsp3) is 0.875. The zero-order valence-corrected chi connectivity index (χ0v) is 11.4. The van der Waals surface area contributed by atoms with Crippen LogP contribution in [0.5, 0.6) is 0 Å². The van der Waals surface area contributed by atoms with E-state index in [-0.39, 0.29) is 6.10 Å². The molecule has 0 aliphatic heterocycles. The van der Waals surface area contributed by atoms with Crippen LogP contribution in [0.1, 0.15) is 77.0 Å². The first-order valence-corrected chi connectivity index (χ1v) is 7.63. The van der Waals surface area contributed by atoms with E-state index < -0.39 is 0 Å². The third-order valence-electron chi connectivity index (χ3n) is 4.10. The van der Waals surface area contributed by atoms with Gasteiger partial charge in [0.25, 0.3) is 0 Å². The average molecular weight is 238 g/mol. The number of aliphatic hydroxyl groups excluding tert-OH is 1. The normalized spacial score (nSPS) is 23.4. The summed E-state index contributed by atoms with van der Waals surface area (Å²) in [6.07, 6.45) is 17.3. The van der Waals surface area contributed by atoms with E-state index >= 15 is 0 Å². The molecule has 1 saturated carbocycles. The Kier molecular flexibility index (Phi) is 8.42. The van der Waals surface area contributed by atoms with E-state index in [1.165, 1.54) is 70.6 Å². The molecule has 100 valence electrons. The van der Waals surface area contributed by atoms with Gasteiger partial charge in [-0.3, -0.25) is 0 Å². The third-order valence-corrected chi connectivity index (χ3v) is 4.10. The smallest absolute Gasteiger partial charge is 0.0602 e. The molecule has 0 aromatic heterocycles. The lowest BCUT2D eigenvalue weighted by Gasteiger charge is -2.22. The largest absolute Gasteiger partial charge is 0.393 e. The predicted octanol–water partition coefficient (Wildman–Crippen LogP) is 4.84. The monoisotopic (exact) mass is 238 g/mol. The summed E-state index contributed by atoms with van der Waals surface area (Å²) in [5.74, 6) is 0.521. The highest BCUT2D eigenvalue weighted by Gasteiger charge is 2.17. The van der Waals surface area contributed by atoms with Gasteiger partial charge in [-0.2, -0.15) is 0 Å². The molecule has 0 amide bonds. The SMILES string of the molecule is C=CCC(O)C1CCCCCCCCCCC1.